The number of thiophene rings is 2. The van der Waals surface area contributed by atoms with Gasteiger partial charge in [-0.2, -0.15) is 0 Å². The van der Waals surface area contributed by atoms with Crippen LogP contribution in [0, 0.1) is 0 Å². The molecule has 2 aliphatic rings. The quantitative estimate of drug-likeness (QED) is 0.171. The summed E-state index contributed by atoms with van der Waals surface area (Å²) in [6.45, 7) is 9.50. The van der Waals surface area contributed by atoms with Gasteiger partial charge >= 0.3 is 0 Å². The maximum Gasteiger partial charge on any atom is 0.143 e. The van der Waals surface area contributed by atoms with Gasteiger partial charge in [0, 0.05) is 63.7 Å². The SMILES string of the molecule is CC1(C)c2ccccc2-c2cc3c(-c4csc5ccccc45)cc4c5cc(-c6csc7ccccc67)c6cc7c(cc6c5oc4c3cc21)C(C)(C)c1ccccc1-7. The molecule has 2 aliphatic carbocycles. The van der Waals surface area contributed by atoms with E-state index in [4.69, 9.17) is 4.42 Å². The van der Waals surface area contributed by atoms with Crippen molar-refractivity contribution in [2.45, 2.75) is 38.5 Å². The Morgan fingerprint density at radius 1 is 0.333 bits per heavy atom. The largest absolute Gasteiger partial charge is 0.455 e. The van der Waals surface area contributed by atoms with Gasteiger partial charge < -0.3 is 4.42 Å². The minimum Gasteiger partial charge on any atom is -0.455 e. The van der Waals surface area contributed by atoms with E-state index in [-0.39, 0.29) is 10.8 Å². The predicted molar refractivity (Wildman–Crippen MR) is 245 cm³/mol. The van der Waals surface area contributed by atoms with Gasteiger partial charge in [0.05, 0.1) is 0 Å². The maximum absolute atomic E-state index is 7.41. The fourth-order valence-corrected chi connectivity index (χ4v) is 12.6. The molecule has 270 valence electrons. The summed E-state index contributed by atoms with van der Waals surface area (Å²) in [6.07, 6.45) is 0. The van der Waals surface area contributed by atoms with Crippen molar-refractivity contribution in [3.05, 3.63) is 166 Å². The summed E-state index contributed by atoms with van der Waals surface area (Å²) in [5.74, 6) is 0. The lowest BCUT2D eigenvalue weighted by molar-refractivity contribution is 0.659. The van der Waals surface area contributed by atoms with Gasteiger partial charge in [0.2, 0.25) is 0 Å². The summed E-state index contributed by atoms with van der Waals surface area (Å²) >= 11 is 3.66. The molecule has 0 N–H and O–H groups in total. The molecule has 0 aliphatic heterocycles. The van der Waals surface area contributed by atoms with Crippen molar-refractivity contribution in [1.29, 1.82) is 0 Å². The highest BCUT2D eigenvalue weighted by molar-refractivity contribution is 7.18. The van der Waals surface area contributed by atoms with Gasteiger partial charge in [0.1, 0.15) is 11.2 Å². The highest BCUT2D eigenvalue weighted by atomic mass is 32.1. The summed E-state index contributed by atoms with van der Waals surface area (Å²) in [7, 11) is 0. The minimum atomic E-state index is -0.134. The van der Waals surface area contributed by atoms with Gasteiger partial charge in [0.15, 0.2) is 0 Å². The van der Waals surface area contributed by atoms with Gasteiger partial charge in [-0.25, -0.2) is 0 Å². The summed E-state index contributed by atoms with van der Waals surface area (Å²) in [5, 5.41) is 14.5. The molecular formula is C54H36OS2. The first-order chi connectivity index (χ1) is 27.8. The smallest absolute Gasteiger partial charge is 0.143 e. The molecule has 0 radical (unpaired) electrons. The van der Waals surface area contributed by atoms with E-state index in [0.29, 0.717) is 0 Å². The second-order valence-corrected chi connectivity index (χ2v) is 19.0. The topological polar surface area (TPSA) is 13.1 Å². The van der Waals surface area contributed by atoms with E-state index in [9.17, 15) is 0 Å². The minimum absolute atomic E-state index is 0.134. The molecule has 3 heteroatoms. The van der Waals surface area contributed by atoms with Crippen LogP contribution < -0.4 is 0 Å². The molecule has 0 atom stereocenters. The lowest BCUT2D eigenvalue weighted by Crippen LogP contribution is -2.14. The average molecular weight is 765 g/mol. The number of furan rings is 1. The Bertz CT molecular complexity index is 3350. The Balaban J connectivity index is 1.21. The van der Waals surface area contributed by atoms with Gasteiger partial charge in [0.25, 0.3) is 0 Å². The molecule has 3 aromatic heterocycles. The third-order valence-electron chi connectivity index (χ3n) is 13.6. The first-order valence-corrected chi connectivity index (χ1v) is 21.6. The van der Waals surface area contributed by atoms with Crippen LogP contribution in [0.4, 0.5) is 0 Å². The molecule has 57 heavy (non-hydrogen) atoms. The van der Waals surface area contributed by atoms with Gasteiger partial charge in [-0.1, -0.05) is 113 Å². The van der Waals surface area contributed by atoms with Crippen LogP contribution in [-0.2, 0) is 10.8 Å². The molecule has 8 aromatic carbocycles. The summed E-state index contributed by atoms with van der Waals surface area (Å²) in [6, 6.07) is 50.4. The molecule has 0 fully saturated rings. The van der Waals surface area contributed by atoms with Crippen LogP contribution in [0.2, 0.25) is 0 Å². The average Bonchev–Trinajstić information content (AvgIpc) is 4.04. The Morgan fingerprint density at radius 3 is 1.19 bits per heavy atom. The molecule has 0 saturated heterocycles. The lowest BCUT2D eigenvalue weighted by Gasteiger charge is -2.22. The van der Waals surface area contributed by atoms with E-state index in [2.05, 4.69) is 172 Å². The molecule has 0 saturated carbocycles. The third-order valence-corrected chi connectivity index (χ3v) is 15.5. The highest BCUT2D eigenvalue weighted by Gasteiger charge is 2.38. The van der Waals surface area contributed by atoms with Gasteiger partial charge in [-0.05, 0) is 126 Å². The number of rotatable bonds is 2. The van der Waals surface area contributed by atoms with Crippen molar-refractivity contribution in [2.24, 2.45) is 0 Å². The Hall–Kier alpha value is -6.00. The van der Waals surface area contributed by atoms with E-state index < -0.39 is 0 Å². The lowest BCUT2D eigenvalue weighted by atomic mass is 9.81. The van der Waals surface area contributed by atoms with Crippen LogP contribution in [0.3, 0.4) is 0 Å². The van der Waals surface area contributed by atoms with Crippen LogP contribution in [0.5, 0.6) is 0 Å². The number of fused-ring (bicyclic) bond motifs is 15. The van der Waals surface area contributed by atoms with Crippen LogP contribution in [-0.4, -0.2) is 0 Å². The van der Waals surface area contributed by atoms with E-state index in [0.717, 1.165) is 11.2 Å². The molecule has 3 heterocycles. The van der Waals surface area contributed by atoms with Gasteiger partial charge in [-0.15, -0.1) is 22.7 Å². The summed E-state index contributed by atoms with van der Waals surface area (Å²) in [4.78, 5) is 0. The van der Waals surface area contributed by atoms with Crippen LogP contribution in [0.1, 0.15) is 49.9 Å². The van der Waals surface area contributed by atoms with Crippen molar-refractivity contribution in [3.8, 4) is 44.5 Å². The fourth-order valence-electron chi connectivity index (χ4n) is 10.7. The highest BCUT2D eigenvalue weighted by Crippen LogP contribution is 2.55. The summed E-state index contributed by atoms with van der Waals surface area (Å²) in [5.41, 5.74) is 17.6. The normalized spacial score (nSPS) is 14.9. The zero-order valence-electron chi connectivity index (χ0n) is 32.1. The van der Waals surface area contributed by atoms with Crippen molar-refractivity contribution < 1.29 is 4.42 Å². The monoisotopic (exact) mass is 764 g/mol. The van der Waals surface area contributed by atoms with E-state index in [1.165, 1.54) is 119 Å². The third kappa shape index (κ3) is 4.08. The second kappa shape index (κ2) is 10.9. The van der Waals surface area contributed by atoms with Crippen molar-refractivity contribution >= 4 is 86.3 Å². The first-order valence-electron chi connectivity index (χ1n) is 19.9. The number of hydrogen-bond donors (Lipinski definition) is 0. The van der Waals surface area contributed by atoms with Crippen molar-refractivity contribution in [1.82, 2.24) is 0 Å². The molecule has 0 bridgehead atoms. The maximum atomic E-state index is 7.41. The van der Waals surface area contributed by atoms with Crippen LogP contribution in [0.15, 0.2) is 149 Å². The first kappa shape index (κ1) is 32.1. The van der Waals surface area contributed by atoms with Crippen LogP contribution >= 0.6 is 22.7 Å². The van der Waals surface area contributed by atoms with Crippen molar-refractivity contribution in [3.63, 3.8) is 0 Å². The number of benzene rings is 8. The standard InChI is InChI=1S/C54H36OS2/c1-53(2)45-17-9-5-13-29(45)37-21-33-35(43-27-56-49-19-11-7-15-31(43)49)23-39-40-24-36(44-28-57-50-20-12-8-16-32(44)50)34-22-38-30-14-6-10-18-46(30)54(3,4)48(38)26-42(34)52(40)55-51(39)41(33)25-47(37)53/h5-28H,1-4H3. The molecule has 0 unspecified atom stereocenters. The van der Waals surface area contributed by atoms with Crippen molar-refractivity contribution in [2.75, 3.05) is 0 Å². The second-order valence-electron chi connectivity index (χ2n) is 17.2. The molecule has 0 spiro atoms. The van der Waals surface area contributed by atoms with Crippen LogP contribution in [0.25, 0.3) is 108 Å². The Labute approximate surface area is 338 Å². The number of hydrogen-bond acceptors (Lipinski definition) is 3. The zero-order valence-corrected chi connectivity index (χ0v) is 33.7. The fraction of sp³-hybridized carbons (Fsp3) is 0.111. The van der Waals surface area contributed by atoms with E-state index in [1.807, 2.05) is 22.7 Å². The summed E-state index contributed by atoms with van der Waals surface area (Å²) < 4.78 is 10.0. The predicted octanol–water partition coefficient (Wildman–Crippen LogP) is 16.3. The van der Waals surface area contributed by atoms with Gasteiger partial charge in [-0.3, -0.25) is 0 Å². The molecular weight excluding hydrogens is 729 g/mol. The molecule has 1 nitrogen and oxygen atoms in total. The molecule has 13 rings (SSSR count). The Morgan fingerprint density at radius 2 is 0.719 bits per heavy atom. The van der Waals surface area contributed by atoms with E-state index in [1.54, 1.807) is 0 Å². The Kier molecular flexibility index (Phi) is 6.14. The van der Waals surface area contributed by atoms with E-state index >= 15 is 0 Å². The molecule has 0 amide bonds. The molecule has 11 aromatic rings. The zero-order chi connectivity index (χ0) is 37.9.